The molecule has 2 rings (SSSR count). The van der Waals surface area contributed by atoms with Gasteiger partial charge in [0.2, 0.25) is 5.91 Å². The van der Waals surface area contributed by atoms with Crippen molar-refractivity contribution in [2.45, 2.75) is 6.42 Å². The van der Waals surface area contributed by atoms with Crippen LogP contribution >= 0.6 is 0 Å². The number of carbonyl (C=O) groups is 2. The number of aromatic nitrogens is 1. The number of carbonyl (C=O) groups excluding carboxylic acids is 2. The molecule has 19 heavy (non-hydrogen) atoms. The number of rotatable bonds is 2. The number of likely N-dealkylation sites (N-methyl/N-ethyl adjacent to an activating group) is 1. The molecule has 2 heterocycles. The minimum atomic E-state index is -0.129. The molecule has 0 unspecified atom stereocenters. The third kappa shape index (κ3) is 2.83. The van der Waals surface area contributed by atoms with Crippen molar-refractivity contribution >= 4 is 17.5 Å². The highest BCUT2D eigenvalue weighted by Gasteiger charge is 2.24. The van der Waals surface area contributed by atoms with Gasteiger partial charge in [0.1, 0.15) is 6.54 Å². The SMILES string of the molecule is CNc1cnccc1C(=O)N1CCCN(C)C(=O)C1. The Balaban J connectivity index is 2.21. The van der Waals surface area contributed by atoms with Gasteiger partial charge >= 0.3 is 0 Å². The molecular weight excluding hydrogens is 244 g/mol. The van der Waals surface area contributed by atoms with Gasteiger partial charge in [0.25, 0.3) is 5.91 Å². The van der Waals surface area contributed by atoms with E-state index >= 15 is 0 Å². The average molecular weight is 262 g/mol. The summed E-state index contributed by atoms with van der Waals surface area (Å²) in [4.78, 5) is 31.5. The predicted molar refractivity (Wildman–Crippen MR) is 71.9 cm³/mol. The van der Waals surface area contributed by atoms with Crippen LogP contribution in [0.15, 0.2) is 18.5 Å². The summed E-state index contributed by atoms with van der Waals surface area (Å²) in [6.45, 7) is 1.43. The molecule has 6 heteroatoms. The van der Waals surface area contributed by atoms with Crippen LogP contribution in [0.3, 0.4) is 0 Å². The van der Waals surface area contributed by atoms with Crippen LogP contribution in [-0.2, 0) is 4.79 Å². The van der Waals surface area contributed by atoms with Gasteiger partial charge in [-0.15, -0.1) is 0 Å². The van der Waals surface area contributed by atoms with E-state index in [4.69, 9.17) is 0 Å². The molecule has 0 bridgehead atoms. The standard InChI is InChI=1S/C13H18N4O2/c1-14-11-8-15-5-4-10(11)13(19)17-7-3-6-16(2)12(18)9-17/h4-5,8,14H,3,6-7,9H2,1-2H3. The number of nitrogens with one attached hydrogen (secondary N) is 1. The lowest BCUT2D eigenvalue weighted by Crippen LogP contribution is -2.38. The first kappa shape index (κ1) is 13.3. The fourth-order valence-corrected chi connectivity index (χ4v) is 2.11. The molecule has 0 aromatic carbocycles. The summed E-state index contributed by atoms with van der Waals surface area (Å²) in [5, 5.41) is 2.95. The molecule has 1 aromatic rings. The van der Waals surface area contributed by atoms with Gasteiger partial charge in [0.15, 0.2) is 0 Å². The van der Waals surface area contributed by atoms with E-state index in [-0.39, 0.29) is 18.4 Å². The molecule has 0 saturated carbocycles. The number of amides is 2. The fraction of sp³-hybridized carbons (Fsp3) is 0.462. The number of hydrogen-bond donors (Lipinski definition) is 1. The summed E-state index contributed by atoms with van der Waals surface area (Å²) >= 11 is 0. The molecule has 102 valence electrons. The lowest BCUT2D eigenvalue weighted by Gasteiger charge is -2.21. The second-order valence-corrected chi connectivity index (χ2v) is 4.57. The number of nitrogens with zero attached hydrogens (tertiary/aromatic N) is 3. The molecule has 6 nitrogen and oxygen atoms in total. The molecule has 1 fully saturated rings. The monoisotopic (exact) mass is 262 g/mol. The summed E-state index contributed by atoms with van der Waals surface area (Å²) in [7, 11) is 3.51. The van der Waals surface area contributed by atoms with Gasteiger partial charge in [-0.3, -0.25) is 14.6 Å². The van der Waals surface area contributed by atoms with E-state index in [1.807, 2.05) is 0 Å². The normalized spacial score (nSPS) is 16.2. The fourth-order valence-electron chi connectivity index (χ4n) is 2.11. The molecule has 1 aromatic heterocycles. The Kier molecular flexibility index (Phi) is 3.99. The van der Waals surface area contributed by atoms with E-state index < -0.39 is 0 Å². The average Bonchev–Trinajstić information content (AvgIpc) is 2.60. The third-order valence-corrected chi connectivity index (χ3v) is 3.28. The van der Waals surface area contributed by atoms with Crippen molar-refractivity contribution in [1.82, 2.24) is 14.8 Å². The van der Waals surface area contributed by atoms with Crippen LogP contribution in [0.2, 0.25) is 0 Å². The van der Waals surface area contributed by atoms with Gasteiger partial charge < -0.3 is 15.1 Å². The summed E-state index contributed by atoms with van der Waals surface area (Å²) in [6.07, 6.45) is 3.99. The van der Waals surface area contributed by atoms with Gasteiger partial charge in [-0.1, -0.05) is 0 Å². The zero-order valence-electron chi connectivity index (χ0n) is 11.2. The molecule has 1 aliphatic heterocycles. The van der Waals surface area contributed by atoms with E-state index in [0.29, 0.717) is 24.3 Å². The Morgan fingerprint density at radius 2 is 2.21 bits per heavy atom. The molecule has 1 saturated heterocycles. The van der Waals surface area contributed by atoms with Crippen molar-refractivity contribution in [2.24, 2.45) is 0 Å². The lowest BCUT2D eigenvalue weighted by atomic mass is 10.2. The van der Waals surface area contributed by atoms with Crippen molar-refractivity contribution in [3.63, 3.8) is 0 Å². The largest absolute Gasteiger partial charge is 0.386 e. The molecule has 1 N–H and O–H groups in total. The van der Waals surface area contributed by atoms with Crippen LogP contribution in [0.5, 0.6) is 0 Å². The van der Waals surface area contributed by atoms with E-state index in [0.717, 1.165) is 6.42 Å². The van der Waals surface area contributed by atoms with Crippen LogP contribution < -0.4 is 5.32 Å². The number of pyridine rings is 1. The van der Waals surface area contributed by atoms with Crippen molar-refractivity contribution < 1.29 is 9.59 Å². The van der Waals surface area contributed by atoms with Gasteiger partial charge in [-0.25, -0.2) is 0 Å². The highest BCUT2D eigenvalue weighted by atomic mass is 16.2. The van der Waals surface area contributed by atoms with Gasteiger partial charge in [0.05, 0.1) is 17.4 Å². The van der Waals surface area contributed by atoms with Crippen molar-refractivity contribution in [3.05, 3.63) is 24.0 Å². The summed E-state index contributed by atoms with van der Waals surface area (Å²) < 4.78 is 0. The highest BCUT2D eigenvalue weighted by molar-refractivity contribution is 6.01. The van der Waals surface area contributed by atoms with Crippen LogP contribution in [-0.4, -0.2) is 60.3 Å². The first-order valence-electron chi connectivity index (χ1n) is 6.28. The maximum Gasteiger partial charge on any atom is 0.256 e. The Labute approximate surface area is 112 Å². The smallest absolute Gasteiger partial charge is 0.256 e. The lowest BCUT2D eigenvalue weighted by molar-refractivity contribution is -0.129. The van der Waals surface area contributed by atoms with E-state index in [1.165, 1.54) is 0 Å². The van der Waals surface area contributed by atoms with Crippen LogP contribution in [0, 0.1) is 0 Å². The van der Waals surface area contributed by atoms with E-state index in [2.05, 4.69) is 10.3 Å². The summed E-state index contributed by atoms with van der Waals surface area (Å²) in [5.74, 6) is -0.152. The molecular formula is C13H18N4O2. The number of hydrogen-bond acceptors (Lipinski definition) is 4. The zero-order chi connectivity index (χ0) is 13.8. The first-order chi connectivity index (χ1) is 9.13. The Morgan fingerprint density at radius 3 is 2.95 bits per heavy atom. The zero-order valence-corrected chi connectivity index (χ0v) is 11.2. The van der Waals surface area contributed by atoms with E-state index in [9.17, 15) is 9.59 Å². The maximum atomic E-state index is 12.5. The second-order valence-electron chi connectivity index (χ2n) is 4.57. The van der Waals surface area contributed by atoms with Gasteiger partial charge in [-0.05, 0) is 12.5 Å². The second kappa shape index (κ2) is 5.69. The number of anilines is 1. The van der Waals surface area contributed by atoms with E-state index in [1.54, 1.807) is 42.4 Å². The van der Waals surface area contributed by atoms with Gasteiger partial charge in [0, 0.05) is 33.4 Å². The predicted octanol–water partition coefficient (Wildman–Crippen LogP) is 0.428. The molecule has 1 aliphatic rings. The highest BCUT2D eigenvalue weighted by Crippen LogP contribution is 2.16. The molecule has 0 atom stereocenters. The Bertz CT molecular complexity index is 489. The third-order valence-electron chi connectivity index (χ3n) is 3.28. The van der Waals surface area contributed by atoms with Crippen molar-refractivity contribution in [2.75, 3.05) is 39.0 Å². The summed E-state index contributed by atoms with van der Waals surface area (Å²) in [5.41, 5.74) is 1.23. The molecule has 0 radical (unpaired) electrons. The molecule has 2 amide bonds. The maximum absolute atomic E-state index is 12.5. The molecule has 0 aliphatic carbocycles. The minimum Gasteiger partial charge on any atom is -0.386 e. The van der Waals surface area contributed by atoms with Crippen molar-refractivity contribution in [1.29, 1.82) is 0 Å². The minimum absolute atomic E-state index is 0.0223. The molecule has 0 spiro atoms. The van der Waals surface area contributed by atoms with Gasteiger partial charge in [-0.2, -0.15) is 0 Å². The van der Waals surface area contributed by atoms with Crippen LogP contribution in [0.1, 0.15) is 16.8 Å². The van der Waals surface area contributed by atoms with Crippen LogP contribution in [0.25, 0.3) is 0 Å². The summed E-state index contributed by atoms with van der Waals surface area (Å²) in [6, 6.07) is 1.67. The quantitative estimate of drug-likeness (QED) is 0.839. The van der Waals surface area contributed by atoms with Crippen molar-refractivity contribution in [3.8, 4) is 0 Å². The first-order valence-corrected chi connectivity index (χ1v) is 6.28. The Hall–Kier alpha value is -2.11. The Morgan fingerprint density at radius 1 is 1.42 bits per heavy atom. The topological polar surface area (TPSA) is 65.5 Å². The van der Waals surface area contributed by atoms with Crippen LogP contribution in [0.4, 0.5) is 5.69 Å².